The molecule has 0 aliphatic heterocycles. The van der Waals surface area contributed by atoms with Gasteiger partial charge < -0.3 is 10.1 Å². The van der Waals surface area contributed by atoms with Crippen molar-refractivity contribution in [3.05, 3.63) is 58.4 Å². The van der Waals surface area contributed by atoms with Crippen LogP contribution in [0.4, 0.5) is 15.6 Å². The Morgan fingerprint density at radius 3 is 2.46 bits per heavy atom. The highest BCUT2D eigenvalue weighted by atomic mass is 79.9. The number of hydrogen-bond donors (Lipinski definition) is 4. The fourth-order valence-corrected chi connectivity index (χ4v) is 3.31. The van der Waals surface area contributed by atoms with E-state index in [4.69, 9.17) is 17.0 Å². The first-order chi connectivity index (χ1) is 13.5. The summed E-state index contributed by atoms with van der Waals surface area (Å²) in [5, 5.41) is 8.21. The number of benzene rings is 2. The van der Waals surface area contributed by atoms with Crippen molar-refractivity contribution in [1.82, 2.24) is 15.8 Å². The predicted molar refractivity (Wildman–Crippen MR) is 120 cm³/mol. The van der Waals surface area contributed by atoms with Crippen LogP contribution in [0, 0.1) is 0 Å². The van der Waals surface area contributed by atoms with Gasteiger partial charge >= 0.3 is 6.03 Å². The van der Waals surface area contributed by atoms with Crippen LogP contribution in [-0.2, 0) is 0 Å². The van der Waals surface area contributed by atoms with Crippen LogP contribution in [0.1, 0.15) is 0 Å². The number of carbonyl (C=O) groups is 1. The molecule has 0 fully saturated rings. The van der Waals surface area contributed by atoms with Crippen molar-refractivity contribution in [2.24, 2.45) is 0 Å². The van der Waals surface area contributed by atoms with Crippen molar-refractivity contribution in [3.8, 4) is 17.0 Å². The third kappa shape index (κ3) is 5.65. The molecule has 0 aliphatic rings. The minimum Gasteiger partial charge on any atom is -0.497 e. The van der Waals surface area contributed by atoms with E-state index in [2.05, 4.69) is 42.4 Å². The maximum absolute atomic E-state index is 12.0. The first-order valence-corrected chi connectivity index (χ1v) is 10.1. The number of halogens is 1. The lowest BCUT2D eigenvalue weighted by molar-refractivity contribution is 0.250. The van der Waals surface area contributed by atoms with Gasteiger partial charge in [-0.05, 0) is 48.6 Å². The summed E-state index contributed by atoms with van der Waals surface area (Å²) in [6, 6.07) is 14.5. The number of anilines is 2. The van der Waals surface area contributed by atoms with Gasteiger partial charge in [-0.1, -0.05) is 28.1 Å². The molecule has 0 saturated heterocycles. The number of thiazole rings is 1. The number of amides is 2. The molecule has 144 valence electrons. The van der Waals surface area contributed by atoms with E-state index in [9.17, 15) is 4.79 Å². The molecule has 2 amide bonds. The number of ether oxygens (including phenoxy) is 1. The summed E-state index contributed by atoms with van der Waals surface area (Å²) in [4.78, 5) is 16.4. The van der Waals surface area contributed by atoms with Crippen LogP contribution < -0.4 is 26.2 Å². The zero-order valence-corrected chi connectivity index (χ0v) is 17.9. The van der Waals surface area contributed by atoms with E-state index in [1.165, 1.54) is 11.3 Å². The van der Waals surface area contributed by atoms with Crippen LogP contribution in [-0.4, -0.2) is 23.2 Å². The molecule has 0 bridgehead atoms. The number of hydrazine groups is 1. The normalized spacial score (nSPS) is 10.1. The molecule has 0 atom stereocenters. The average Bonchev–Trinajstić information content (AvgIpc) is 3.16. The molecule has 0 spiro atoms. The summed E-state index contributed by atoms with van der Waals surface area (Å²) in [6.45, 7) is 0. The van der Waals surface area contributed by atoms with Crippen molar-refractivity contribution >= 4 is 61.4 Å². The van der Waals surface area contributed by atoms with Crippen molar-refractivity contribution in [2.45, 2.75) is 0 Å². The largest absolute Gasteiger partial charge is 0.497 e. The fourth-order valence-electron chi connectivity index (χ4n) is 2.16. The highest BCUT2D eigenvalue weighted by Crippen LogP contribution is 2.26. The van der Waals surface area contributed by atoms with E-state index in [-0.39, 0.29) is 5.11 Å². The first kappa shape index (κ1) is 20.1. The molecule has 10 heteroatoms. The van der Waals surface area contributed by atoms with Crippen LogP contribution in [0.25, 0.3) is 11.3 Å². The van der Waals surface area contributed by atoms with Crippen LogP contribution >= 0.6 is 39.5 Å². The Hall–Kier alpha value is -2.69. The molecule has 0 saturated carbocycles. The van der Waals surface area contributed by atoms with Gasteiger partial charge in [0.1, 0.15) is 5.75 Å². The topological polar surface area (TPSA) is 87.3 Å². The Labute approximate surface area is 179 Å². The summed E-state index contributed by atoms with van der Waals surface area (Å²) < 4.78 is 6.09. The Kier molecular flexibility index (Phi) is 6.80. The fraction of sp³-hybridized carbons (Fsp3) is 0.0556. The number of nitrogens with one attached hydrogen (secondary N) is 4. The van der Waals surface area contributed by atoms with Crippen molar-refractivity contribution < 1.29 is 9.53 Å². The van der Waals surface area contributed by atoms with Gasteiger partial charge in [-0.15, -0.1) is 11.3 Å². The lowest BCUT2D eigenvalue weighted by Crippen LogP contribution is -2.45. The van der Waals surface area contributed by atoms with E-state index in [0.717, 1.165) is 27.2 Å². The zero-order chi connectivity index (χ0) is 19.9. The zero-order valence-electron chi connectivity index (χ0n) is 14.7. The molecular weight excluding hydrogens is 462 g/mol. The summed E-state index contributed by atoms with van der Waals surface area (Å²) in [7, 11) is 1.60. The summed E-state index contributed by atoms with van der Waals surface area (Å²) in [5.74, 6) is 0.743. The van der Waals surface area contributed by atoms with Crippen molar-refractivity contribution in [2.75, 3.05) is 17.7 Å². The third-order valence-electron chi connectivity index (χ3n) is 3.50. The molecule has 0 aliphatic carbocycles. The van der Waals surface area contributed by atoms with E-state index in [1.807, 2.05) is 41.8 Å². The molecule has 7 nitrogen and oxygen atoms in total. The molecule has 2 aromatic carbocycles. The Morgan fingerprint density at radius 1 is 1.07 bits per heavy atom. The Balaban J connectivity index is 1.47. The minimum atomic E-state index is -0.476. The minimum absolute atomic E-state index is 0.245. The van der Waals surface area contributed by atoms with E-state index in [1.54, 1.807) is 19.2 Å². The van der Waals surface area contributed by atoms with Gasteiger partial charge in [-0.25, -0.2) is 15.2 Å². The summed E-state index contributed by atoms with van der Waals surface area (Å²) in [6.07, 6.45) is 0. The van der Waals surface area contributed by atoms with Gasteiger partial charge in [0.05, 0.1) is 12.8 Å². The molecule has 28 heavy (non-hydrogen) atoms. The Morgan fingerprint density at radius 2 is 1.79 bits per heavy atom. The Bertz CT molecular complexity index is 961. The van der Waals surface area contributed by atoms with Crippen LogP contribution in [0.5, 0.6) is 5.75 Å². The molecule has 1 heterocycles. The SMILES string of the molecule is COc1ccc(NC(=S)NNC(=O)Nc2nc(-c3ccc(Br)cc3)cs2)cc1. The maximum atomic E-state index is 12.0. The van der Waals surface area contributed by atoms with Gasteiger partial charge in [0.2, 0.25) is 0 Å². The highest BCUT2D eigenvalue weighted by molar-refractivity contribution is 9.10. The summed E-state index contributed by atoms with van der Waals surface area (Å²) >= 11 is 9.88. The van der Waals surface area contributed by atoms with Crippen molar-refractivity contribution in [3.63, 3.8) is 0 Å². The maximum Gasteiger partial charge on any atom is 0.339 e. The van der Waals surface area contributed by atoms with Gasteiger partial charge in [0.15, 0.2) is 10.2 Å². The molecule has 3 rings (SSSR count). The highest BCUT2D eigenvalue weighted by Gasteiger charge is 2.08. The van der Waals surface area contributed by atoms with E-state index < -0.39 is 6.03 Å². The number of methoxy groups -OCH3 is 1. The summed E-state index contributed by atoms with van der Waals surface area (Å²) in [5.41, 5.74) is 7.61. The monoisotopic (exact) mass is 477 g/mol. The number of urea groups is 1. The second-order valence-electron chi connectivity index (χ2n) is 5.43. The lowest BCUT2D eigenvalue weighted by atomic mass is 10.2. The van der Waals surface area contributed by atoms with E-state index in [0.29, 0.717) is 5.13 Å². The van der Waals surface area contributed by atoms with Gasteiger partial charge in [-0.3, -0.25) is 10.7 Å². The molecule has 4 N–H and O–H groups in total. The standard InChI is InChI=1S/C18H16BrN5O2S2/c1-26-14-8-6-13(7-9-14)20-17(27)24-23-16(25)22-18-21-15(10-28-18)11-2-4-12(19)5-3-11/h2-10H,1H3,(H2,20,24,27)(H2,21,22,23,25). The smallest absolute Gasteiger partial charge is 0.339 e. The second kappa shape index (κ2) is 9.49. The third-order valence-corrected chi connectivity index (χ3v) is 4.99. The first-order valence-electron chi connectivity index (χ1n) is 8.03. The van der Waals surface area contributed by atoms with Crippen LogP contribution in [0.2, 0.25) is 0 Å². The number of thiocarbonyl (C=S) groups is 1. The van der Waals surface area contributed by atoms with Crippen LogP contribution in [0.15, 0.2) is 58.4 Å². The number of rotatable bonds is 4. The number of carbonyl (C=O) groups excluding carboxylic acids is 1. The van der Waals surface area contributed by atoms with E-state index >= 15 is 0 Å². The molecule has 0 unspecified atom stereocenters. The van der Waals surface area contributed by atoms with Gasteiger partial charge in [0.25, 0.3) is 0 Å². The van der Waals surface area contributed by atoms with Gasteiger partial charge in [0, 0.05) is 21.1 Å². The molecule has 3 aromatic rings. The molecule has 0 radical (unpaired) electrons. The quantitative estimate of drug-likeness (QED) is 0.324. The molecular formula is C18H16BrN5O2S2. The number of hydrogen-bond acceptors (Lipinski definition) is 5. The molecule has 1 aromatic heterocycles. The lowest BCUT2D eigenvalue weighted by Gasteiger charge is -2.11. The number of nitrogens with zero attached hydrogens (tertiary/aromatic N) is 1. The predicted octanol–water partition coefficient (Wildman–Crippen LogP) is 4.60. The van der Waals surface area contributed by atoms with Crippen LogP contribution in [0.3, 0.4) is 0 Å². The number of aromatic nitrogens is 1. The average molecular weight is 478 g/mol. The second-order valence-corrected chi connectivity index (χ2v) is 7.61. The van der Waals surface area contributed by atoms with Gasteiger partial charge in [-0.2, -0.15) is 0 Å². The van der Waals surface area contributed by atoms with Crippen molar-refractivity contribution in [1.29, 1.82) is 0 Å².